The van der Waals surface area contributed by atoms with Gasteiger partial charge in [0.25, 0.3) is 0 Å². The van der Waals surface area contributed by atoms with E-state index in [0.717, 1.165) is 6.42 Å². The van der Waals surface area contributed by atoms with E-state index in [2.05, 4.69) is 26.8 Å². The molecule has 0 fully saturated rings. The zero-order valence-corrected chi connectivity index (χ0v) is 6.61. The normalized spacial score (nSPS) is 12.1. The van der Waals surface area contributed by atoms with Gasteiger partial charge < -0.3 is 0 Å². The molecule has 53 valence electrons. The average Bonchev–Trinajstić information content (AvgIpc) is 1.85. The Morgan fingerprint density at radius 1 is 1.56 bits per heavy atom. The van der Waals surface area contributed by atoms with Crippen molar-refractivity contribution in [1.29, 1.82) is 0 Å². The van der Waals surface area contributed by atoms with Crippen LogP contribution in [-0.2, 0) is 0 Å². The van der Waals surface area contributed by atoms with Crippen LogP contribution in [0.25, 0.3) is 0 Å². The third-order valence-electron chi connectivity index (χ3n) is 1.42. The summed E-state index contributed by atoms with van der Waals surface area (Å²) in [5, 5.41) is 0. The van der Waals surface area contributed by atoms with Gasteiger partial charge in [-0.25, -0.2) is 0 Å². The third kappa shape index (κ3) is 5.61. The lowest BCUT2D eigenvalue weighted by Crippen LogP contribution is -1.75. The standard InChI is InChI=1S/C9H17/c1-4-6-8-9(3)7-5-2/h7H,2,4-6,8H2,1,3H3/b9-7+. The van der Waals surface area contributed by atoms with E-state index >= 15 is 0 Å². The highest BCUT2D eigenvalue weighted by atomic mass is 13.9. The van der Waals surface area contributed by atoms with E-state index in [1.165, 1.54) is 24.8 Å². The highest BCUT2D eigenvalue weighted by molar-refractivity contribution is 4.97. The van der Waals surface area contributed by atoms with Crippen molar-refractivity contribution in [2.45, 2.75) is 39.5 Å². The maximum atomic E-state index is 3.76. The molecule has 0 aliphatic carbocycles. The number of hydrogen-bond donors (Lipinski definition) is 0. The maximum absolute atomic E-state index is 3.76. The SMILES string of the molecule is [CH2]C/C=C(\C)CCCC. The summed E-state index contributed by atoms with van der Waals surface area (Å²) in [7, 11) is 0. The van der Waals surface area contributed by atoms with Crippen LogP contribution in [0.3, 0.4) is 0 Å². The molecule has 0 aromatic rings. The van der Waals surface area contributed by atoms with E-state index < -0.39 is 0 Å². The van der Waals surface area contributed by atoms with Gasteiger partial charge in [-0.1, -0.05) is 25.0 Å². The van der Waals surface area contributed by atoms with Crippen LogP contribution in [0.2, 0.25) is 0 Å². The second-order valence-electron chi connectivity index (χ2n) is 2.44. The molecular formula is C9H17. The van der Waals surface area contributed by atoms with Crippen LogP contribution < -0.4 is 0 Å². The molecule has 0 aromatic carbocycles. The fourth-order valence-corrected chi connectivity index (χ4v) is 0.804. The fraction of sp³-hybridized carbons (Fsp3) is 0.667. The third-order valence-corrected chi connectivity index (χ3v) is 1.42. The molecule has 9 heavy (non-hydrogen) atoms. The van der Waals surface area contributed by atoms with Gasteiger partial charge in [-0.05, 0) is 33.1 Å². The van der Waals surface area contributed by atoms with E-state index in [1.54, 1.807) is 0 Å². The molecule has 0 rings (SSSR count). The molecule has 0 aliphatic heterocycles. The Morgan fingerprint density at radius 2 is 2.22 bits per heavy atom. The first kappa shape index (κ1) is 8.74. The lowest BCUT2D eigenvalue weighted by atomic mass is 10.1. The van der Waals surface area contributed by atoms with Crippen molar-refractivity contribution in [2.75, 3.05) is 0 Å². The predicted molar refractivity (Wildman–Crippen MR) is 43.3 cm³/mol. The van der Waals surface area contributed by atoms with Crippen molar-refractivity contribution < 1.29 is 0 Å². The van der Waals surface area contributed by atoms with Gasteiger partial charge in [-0.15, -0.1) is 0 Å². The Bertz CT molecular complexity index is 80.0. The van der Waals surface area contributed by atoms with Crippen molar-refractivity contribution in [2.24, 2.45) is 0 Å². The summed E-state index contributed by atoms with van der Waals surface area (Å²) in [6, 6.07) is 0. The molecule has 0 heterocycles. The number of rotatable bonds is 4. The lowest BCUT2D eigenvalue weighted by molar-refractivity contribution is 0.785. The summed E-state index contributed by atoms with van der Waals surface area (Å²) in [4.78, 5) is 0. The first-order chi connectivity index (χ1) is 4.31. The minimum atomic E-state index is 0.940. The second-order valence-corrected chi connectivity index (χ2v) is 2.44. The largest absolute Gasteiger partial charge is 0.0856 e. The first-order valence-electron chi connectivity index (χ1n) is 3.76. The van der Waals surface area contributed by atoms with Crippen LogP contribution in [0.15, 0.2) is 11.6 Å². The molecule has 0 nitrogen and oxygen atoms in total. The molecule has 1 radical (unpaired) electrons. The van der Waals surface area contributed by atoms with Crippen molar-refractivity contribution in [3.63, 3.8) is 0 Å². The first-order valence-corrected chi connectivity index (χ1v) is 3.76. The van der Waals surface area contributed by atoms with Gasteiger partial charge in [0, 0.05) is 0 Å². The zero-order chi connectivity index (χ0) is 7.11. The highest BCUT2D eigenvalue weighted by Gasteiger charge is 1.85. The minimum Gasteiger partial charge on any atom is -0.0856 e. The van der Waals surface area contributed by atoms with Crippen LogP contribution >= 0.6 is 0 Å². The Hall–Kier alpha value is -0.260. The molecular weight excluding hydrogens is 108 g/mol. The van der Waals surface area contributed by atoms with Crippen molar-refractivity contribution in [1.82, 2.24) is 0 Å². The Kier molecular flexibility index (Phi) is 5.70. The van der Waals surface area contributed by atoms with E-state index in [1.807, 2.05) is 0 Å². The summed E-state index contributed by atoms with van der Waals surface area (Å²) < 4.78 is 0. The highest BCUT2D eigenvalue weighted by Crippen LogP contribution is 2.05. The monoisotopic (exact) mass is 125 g/mol. The van der Waals surface area contributed by atoms with Crippen LogP contribution in [0.5, 0.6) is 0 Å². The van der Waals surface area contributed by atoms with Gasteiger partial charge in [-0.3, -0.25) is 0 Å². The van der Waals surface area contributed by atoms with E-state index in [9.17, 15) is 0 Å². The lowest BCUT2D eigenvalue weighted by Gasteiger charge is -1.96. The van der Waals surface area contributed by atoms with Gasteiger partial charge in [0.15, 0.2) is 0 Å². The fourth-order valence-electron chi connectivity index (χ4n) is 0.804. The molecule has 0 bridgehead atoms. The molecule has 0 amide bonds. The molecule has 0 aliphatic rings. The molecule has 0 saturated heterocycles. The van der Waals surface area contributed by atoms with Crippen molar-refractivity contribution in [3.05, 3.63) is 18.6 Å². The molecule has 0 saturated carbocycles. The van der Waals surface area contributed by atoms with E-state index in [0.29, 0.717) is 0 Å². The molecule has 0 N–H and O–H groups in total. The quantitative estimate of drug-likeness (QED) is 0.505. The van der Waals surface area contributed by atoms with E-state index in [-0.39, 0.29) is 0 Å². The molecule has 0 atom stereocenters. The molecule has 0 unspecified atom stereocenters. The summed E-state index contributed by atoms with van der Waals surface area (Å²) >= 11 is 0. The molecule has 0 heteroatoms. The van der Waals surface area contributed by atoms with Gasteiger partial charge in [0.1, 0.15) is 0 Å². The number of unbranched alkanes of at least 4 members (excludes halogenated alkanes) is 1. The number of allylic oxidation sites excluding steroid dienone is 2. The summed E-state index contributed by atoms with van der Waals surface area (Å²) in [6.45, 7) is 8.16. The Labute approximate surface area is 59.0 Å². The smallest absolute Gasteiger partial charge is 0.0323 e. The van der Waals surface area contributed by atoms with Gasteiger partial charge >= 0.3 is 0 Å². The Balaban J connectivity index is 3.25. The number of hydrogen-bond acceptors (Lipinski definition) is 0. The average molecular weight is 125 g/mol. The van der Waals surface area contributed by atoms with Gasteiger partial charge in [0.2, 0.25) is 0 Å². The van der Waals surface area contributed by atoms with E-state index in [4.69, 9.17) is 0 Å². The molecule has 0 aromatic heterocycles. The maximum Gasteiger partial charge on any atom is -0.0323 e. The van der Waals surface area contributed by atoms with Crippen molar-refractivity contribution >= 4 is 0 Å². The molecule has 0 spiro atoms. The van der Waals surface area contributed by atoms with Crippen LogP contribution in [-0.4, -0.2) is 0 Å². The second kappa shape index (κ2) is 5.87. The van der Waals surface area contributed by atoms with Crippen molar-refractivity contribution in [3.8, 4) is 0 Å². The summed E-state index contributed by atoms with van der Waals surface area (Å²) in [5.74, 6) is 0. The Morgan fingerprint density at radius 3 is 2.67 bits per heavy atom. The predicted octanol–water partition coefficient (Wildman–Crippen LogP) is 3.35. The minimum absolute atomic E-state index is 0.940. The van der Waals surface area contributed by atoms with Gasteiger partial charge in [0.05, 0.1) is 0 Å². The van der Waals surface area contributed by atoms with Crippen LogP contribution in [0.1, 0.15) is 39.5 Å². The zero-order valence-electron chi connectivity index (χ0n) is 6.61. The summed E-state index contributed by atoms with van der Waals surface area (Å²) in [5.41, 5.74) is 1.49. The van der Waals surface area contributed by atoms with Crippen LogP contribution in [0.4, 0.5) is 0 Å². The van der Waals surface area contributed by atoms with Gasteiger partial charge in [-0.2, -0.15) is 0 Å². The topological polar surface area (TPSA) is 0 Å². The summed E-state index contributed by atoms with van der Waals surface area (Å²) in [6.07, 6.45) is 7.02. The van der Waals surface area contributed by atoms with Crippen LogP contribution in [0, 0.1) is 6.92 Å².